The smallest absolute Gasteiger partial charge is 0.258 e. The summed E-state index contributed by atoms with van der Waals surface area (Å²) in [5, 5.41) is 12.7. The van der Waals surface area contributed by atoms with Crippen molar-refractivity contribution in [3.63, 3.8) is 0 Å². The van der Waals surface area contributed by atoms with E-state index in [4.69, 9.17) is 0 Å². The number of rotatable bonds is 6. The third-order valence-corrected chi connectivity index (χ3v) is 4.45. The Morgan fingerprint density at radius 2 is 2.24 bits per heavy atom. The van der Waals surface area contributed by atoms with Gasteiger partial charge in [-0.3, -0.25) is 14.2 Å². The van der Waals surface area contributed by atoms with Crippen LogP contribution in [0.1, 0.15) is 45.1 Å². The van der Waals surface area contributed by atoms with Crippen LogP contribution in [0.4, 0.5) is 0 Å². The maximum Gasteiger partial charge on any atom is 0.258 e. The zero-order valence-electron chi connectivity index (χ0n) is 12.2. The largest absolute Gasteiger partial charge is 0.493 e. The van der Waals surface area contributed by atoms with E-state index in [1.165, 1.54) is 11.8 Å². The number of carbonyl (C=O) groups is 1. The first-order valence-electron chi connectivity index (χ1n) is 7.34. The number of thioether (sulfide) groups is 1. The molecule has 0 radical (unpaired) electrons. The van der Waals surface area contributed by atoms with Crippen LogP contribution in [-0.4, -0.2) is 32.9 Å². The predicted octanol–water partition coefficient (Wildman–Crippen LogP) is 1.68. The minimum absolute atomic E-state index is 0.0857. The van der Waals surface area contributed by atoms with Gasteiger partial charge in [0, 0.05) is 12.6 Å². The van der Waals surface area contributed by atoms with Gasteiger partial charge >= 0.3 is 0 Å². The minimum Gasteiger partial charge on any atom is -0.493 e. The summed E-state index contributed by atoms with van der Waals surface area (Å²) in [4.78, 5) is 27.8. The van der Waals surface area contributed by atoms with Gasteiger partial charge in [-0.05, 0) is 19.3 Å². The van der Waals surface area contributed by atoms with Crippen molar-refractivity contribution in [3.8, 4) is 5.88 Å². The summed E-state index contributed by atoms with van der Waals surface area (Å²) < 4.78 is 1.63. The van der Waals surface area contributed by atoms with Gasteiger partial charge in [0.05, 0.1) is 11.8 Å². The van der Waals surface area contributed by atoms with Gasteiger partial charge < -0.3 is 10.4 Å². The van der Waals surface area contributed by atoms with Crippen LogP contribution in [0.3, 0.4) is 0 Å². The van der Waals surface area contributed by atoms with Crippen molar-refractivity contribution in [2.24, 2.45) is 0 Å². The molecule has 1 saturated carbocycles. The summed E-state index contributed by atoms with van der Waals surface area (Å²) in [6.07, 6.45) is 4.97. The average molecular weight is 311 g/mol. The third-order valence-electron chi connectivity index (χ3n) is 3.50. The van der Waals surface area contributed by atoms with Crippen molar-refractivity contribution in [2.75, 3.05) is 12.3 Å². The zero-order valence-corrected chi connectivity index (χ0v) is 13.0. The van der Waals surface area contributed by atoms with E-state index in [2.05, 4.69) is 10.3 Å². The van der Waals surface area contributed by atoms with Crippen LogP contribution in [0.5, 0.6) is 5.88 Å². The number of carbonyl (C=O) groups excluding carboxylic acids is 1. The second-order valence-electron chi connectivity index (χ2n) is 5.18. The number of amides is 1. The first-order chi connectivity index (χ1) is 10.1. The quantitative estimate of drug-likeness (QED) is 0.617. The van der Waals surface area contributed by atoms with Gasteiger partial charge in [0.15, 0.2) is 5.16 Å². The average Bonchev–Trinajstić information content (AvgIpc) is 2.95. The Morgan fingerprint density at radius 3 is 2.90 bits per heavy atom. The molecule has 1 amide bonds. The number of aromatic hydroxyl groups is 1. The highest BCUT2D eigenvalue weighted by atomic mass is 32.2. The second kappa shape index (κ2) is 7.49. The number of nitrogens with zero attached hydrogens (tertiary/aromatic N) is 2. The van der Waals surface area contributed by atoms with Crippen molar-refractivity contribution in [3.05, 3.63) is 16.4 Å². The highest BCUT2D eigenvalue weighted by molar-refractivity contribution is 7.99. The lowest BCUT2D eigenvalue weighted by molar-refractivity contribution is -0.118. The van der Waals surface area contributed by atoms with E-state index in [0.29, 0.717) is 11.7 Å². The first-order valence-corrected chi connectivity index (χ1v) is 8.32. The normalized spacial score (nSPS) is 15.3. The molecule has 6 nitrogen and oxygen atoms in total. The molecular formula is C14H21N3O3S. The van der Waals surface area contributed by atoms with Gasteiger partial charge in [0.1, 0.15) is 0 Å². The van der Waals surface area contributed by atoms with Crippen molar-refractivity contribution in [1.82, 2.24) is 14.9 Å². The van der Waals surface area contributed by atoms with E-state index in [1.54, 1.807) is 4.57 Å². The Balaban J connectivity index is 2.13. The molecule has 116 valence electrons. The first kappa shape index (κ1) is 15.9. The lowest BCUT2D eigenvalue weighted by atomic mass is 10.2. The monoisotopic (exact) mass is 311 g/mol. The predicted molar refractivity (Wildman–Crippen MR) is 81.7 cm³/mol. The van der Waals surface area contributed by atoms with Gasteiger partial charge in [-0.2, -0.15) is 4.98 Å². The Kier molecular flexibility index (Phi) is 5.67. The molecule has 2 rings (SSSR count). The molecule has 2 N–H and O–H groups in total. The fraction of sp³-hybridized carbons (Fsp3) is 0.643. The molecule has 1 heterocycles. The number of nitrogens with one attached hydrogen (secondary N) is 1. The maximum absolute atomic E-state index is 12.1. The molecule has 1 fully saturated rings. The van der Waals surface area contributed by atoms with Gasteiger partial charge in [-0.15, -0.1) is 0 Å². The van der Waals surface area contributed by atoms with Crippen molar-refractivity contribution < 1.29 is 9.90 Å². The van der Waals surface area contributed by atoms with E-state index in [1.807, 2.05) is 6.92 Å². The van der Waals surface area contributed by atoms with Crippen LogP contribution in [-0.2, 0) is 4.79 Å². The Morgan fingerprint density at radius 1 is 1.52 bits per heavy atom. The SMILES string of the molecule is CCCNC(=O)CSc1nc(O)cc(=O)n1C1CCCC1. The molecule has 0 unspecified atom stereocenters. The number of hydrogen-bond donors (Lipinski definition) is 2. The Bertz CT molecular complexity index is 553. The van der Waals surface area contributed by atoms with Gasteiger partial charge in [0.25, 0.3) is 5.56 Å². The highest BCUT2D eigenvalue weighted by Gasteiger charge is 2.22. The number of aromatic nitrogens is 2. The standard InChI is InChI=1S/C14H21N3O3S/c1-2-7-15-12(19)9-21-14-16-11(18)8-13(20)17(14)10-5-3-4-6-10/h8,10,18H,2-7,9H2,1H3,(H,15,19). The van der Waals surface area contributed by atoms with Crippen LogP contribution < -0.4 is 10.9 Å². The molecule has 1 aromatic rings. The molecule has 1 aromatic heterocycles. The van der Waals surface area contributed by atoms with Gasteiger partial charge in [-0.1, -0.05) is 31.5 Å². The van der Waals surface area contributed by atoms with Crippen LogP contribution in [0.2, 0.25) is 0 Å². The highest BCUT2D eigenvalue weighted by Crippen LogP contribution is 2.31. The fourth-order valence-corrected chi connectivity index (χ4v) is 3.40. The van der Waals surface area contributed by atoms with E-state index in [0.717, 1.165) is 38.2 Å². The van der Waals surface area contributed by atoms with Crippen LogP contribution in [0.15, 0.2) is 16.0 Å². The molecule has 7 heteroatoms. The van der Waals surface area contributed by atoms with E-state index in [9.17, 15) is 14.7 Å². The summed E-state index contributed by atoms with van der Waals surface area (Å²) in [7, 11) is 0. The summed E-state index contributed by atoms with van der Waals surface area (Å²) in [6, 6.07) is 1.27. The lowest BCUT2D eigenvalue weighted by Crippen LogP contribution is -2.28. The summed E-state index contributed by atoms with van der Waals surface area (Å²) >= 11 is 1.20. The molecule has 0 aromatic carbocycles. The topological polar surface area (TPSA) is 84.2 Å². The van der Waals surface area contributed by atoms with E-state index in [-0.39, 0.29) is 29.1 Å². The summed E-state index contributed by atoms with van der Waals surface area (Å²) in [5.41, 5.74) is -0.245. The van der Waals surface area contributed by atoms with Crippen LogP contribution >= 0.6 is 11.8 Å². The van der Waals surface area contributed by atoms with E-state index < -0.39 is 0 Å². The van der Waals surface area contributed by atoms with Gasteiger partial charge in [0.2, 0.25) is 11.8 Å². The van der Waals surface area contributed by atoms with Gasteiger partial charge in [-0.25, -0.2) is 0 Å². The van der Waals surface area contributed by atoms with Crippen molar-refractivity contribution in [1.29, 1.82) is 0 Å². The fourth-order valence-electron chi connectivity index (χ4n) is 2.50. The molecule has 0 aliphatic heterocycles. The molecule has 21 heavy (non-hydrogen) atoms. The summed E-state index contributed by atoms with van der Waals surface area (Å²) in [6.45, 7) is 2.63. The molecule has 0 bridgehead atoms. The molecular weight excluding hydrogens is 290 g/mol. The second-order valence-corrected chi connectivity index (χ2v) is 6.12. The van der Waals surface area contributed by atoms with Crippen LogP contribution in [0, 0.1) is 0 Å². The molecule has 0 atom stereocenters. The van der Waals surface area contributed by atoms with Crippen molar-refractivity contribution in [2.45, 2.75) is 50.2 Å². The lowest BCUT2D eigenvalue weighted by Gasteiger charge is -2.17. The third kappa shape index (κ3) is 4.23. The summed E-state index contributed by atoms with van der Waals surface area (Å²) in [5.74, 6) is -0.175. The number of hydrogen-bond acceptors (Lipinski definition) is 5. The molecule has 1 aliphatic rings. The van der Waals surface area contributed by atoms with Crippen LogP contribution in [0.25, 0.3) is 0 Å². The minimum atomic E-state index is -0.286. The van der Waals surface area contributed by atoms with Crippen molar-refractivity contribution >= 4 is 17.7 Å². The Labute approximate surface area is 128 Å². The van der Waals surface area contributed by atoms with E-state index >= 15 is 0 Å². The molecule has 0 spiro atoms. The zero-order chi connectivity index (χ0) is 15.2. The molecule has 1 aliphatic carbocycles. The maximum atomic E-state index is 12.1. The molecule has 0 saturated heterocycles. The Hall–Kier alpha value is -1.50.